The van der Waals surface area contributed by atoms with Crippen LogP contribution in [0.2, 0.25) is 0 Å². The number of sulfonamides is 1. The number of nitrogens with one attached hydrogen (secondary N) is 5. The molecule has 0 bridgehead atoms. The second-order valence-electron chi connectivity index (χ2n) is 6.28. The summed E-state index contributed by atoms with van der Waals surface area (Å²) in [6.07, 6.45) is 2.76. The van der Waals surface area contributed by atoms with Gasteiger partial charge in [0.15, 0.2) is 0 Å². The van der Waals surface area contributed by atoms with E-state index in [1.807, 2.05) is 18.2 Å². The molecule has 5 N–H and O–H groups in total. The lowest BCUT2D eigenvalue weighted by atomic mass is 10.1. The molecule has 10 heteroatoms. The van der Waals surface area contributed by atoms with Gasteiger partial charge in [-0.15, -0.1) is 0 Å². The third-order valence-electron chi connectivity index (χ3n) is 4.00. The summed E-state index contributed by atoms with van der Waals surface area (Å²) < 4.78 is 25.2. The largest absolute Gasteiger partial charge is 0.340 e. The molecular formula is C18H19N7O2S. The van der Waals surface area contributed by atoms with Crippen LogP contribution in [-0.2, 0) is 16.6 Å². The predicted octanol–water partition coefficient (Wildman–Crippen LogP) is 2.77. The van der Waals surface area contributed by atoms with Crippen molar-refractivity contribution in [1.29, 1.82) is 0 Å². The number of hydrogen-bond donors (Lipinski definition) is 5. The topological polar surface area (TPSA) is 120 Å². The molecule has 4 rings (SSSR count). The Morgan fingerprint density at radius 1 is 1.04 bits per heavy atom. The van der Waals surface area contributed by atoms with Crippen LogP contribution in [0.1, 0.15) is 5.56 Å². The molecule has 1 aliphatic rings. The van der Waals surface area contributed by atoms with E-state index in [1.165, 1.54) is 0 Å². The summed E-state index contributed by atoms with van der Waals surface area (Å²) in [4.78, 5) is 8.71. The van der Waals surface area contributed by atoms with E-state index < -0.39 is 10.0 Å². The summed E-state index contributed by atoms with van der Waals surface area (Å²) in [5.74, 6) is 1.04. The molecule has 2 heterocycles. The predicted molar refractivity (Wildman–Crippen MR) is 110 cm³/mol. The van der Waals surface area contributed by atoms with E-state index in [2.05, 4.69) is 36.2 Å². The zero-order chi connectivity index (χ0) is 19.6. The SMILES string of the molecule is CS(=O)(=O)Nc1cccc(Nc2nccc(Nc3cccc4c3CNN4)n2)c1. The van der Waals surface area contributed by atoms with Gasteiger partial charge < -0.3 is 16.1 Å². The van der Waals surface area contributed by atoms with Crippen LogP contribution in [-0.4, -0.2) is 24.6 Å². The number of benzene rings is 2. The number of fused-ring (bicyclic) bond motifs is 1. The molecule has 1 aromatic heterocycles. The zero-order valence-electron chi connectivity index (χ0n) is 15.0. The molecule has 0 atom stereocenters. The fourth-order valence-corrected chi connectivity index (χ4v) is 3.42. The van der Waals surface area contributed by atoms with Crippen LogP contribution in [0.25, 0.3) is 0 Å². The van der Waals surface area contributed by atoms with Crippen LogP contribution in [0.4, 0.5) is 34.5 Å². The first-order chi connectivity index (χ1) is 13.5. The molecule has 0 aliphatic carbocycles. The molecule has 28 heavy (non-hydrogen) atoms. The molecule has 0 saturated carbocycles. The molecule has 0 amide bonds. The average molecular weight is 397 g/mol. The van der Waals surface area contributed by atoms with Crippen LogP contribution in [0.5, 0.6) is 0 Å². The summed E-state index contributed by atoms with van der Waals surface area (Å²) in [6.45, 7) is 0.717. The van der Waals surface area contributed by atoms with Crippen molar-refractivity contribution in [2.75, 3.05) is 27.0 Å². The number of nitrogens with zero attached hydrogens (tertiary/aromatic N) is 2. The maximum atomic E-state index is 11.4. The van der Waals surface area contributed by atoms with Gasteiger partial charge in [0, 0.05) is 29.7 Å². The summed E-state index contributed by atoms with van der Waals surface area (Å²) in [5.41, 5.74) is 10.5. The van der Waals surface area contributed by atoms with E-state index >= 15 is 0 Å². The Bertz CT molecular complexity index is 1120. The van der Waals surface area contributed by atoms with Gasteiger partial charge in [0.25, 0.3) is 0 Å². The lowest BCUT2D eigenvalue weighted by Gasteiger charge is -2.11. The van der Waals surface area contributed by atoms with Gasteiger partial charge in [-0.1, -0.05) is 12.1 Å². The van der Waals surface area contributed by atoms with E-state index in [-0.39, 0.29) is 0 Å². The quantitative estimate of drug-likeness (QED) is 0.431. The van der Waals surface area contributed by atoms with Gasteiger partial charge in [-0.2, -0.15) is 4.98 Å². The van der Waals surface area contributed by atoms with E-state index in [1.54, 1.807) is 36.5 Å². The molecule has 2 aromatic carbocycles. The van der Waals surface area contributed by atoms with Gasteiger partial charge in [-0.05, 0) is 36.4 Å². The normalized spacial score (nSPS) is 12.8. The highest BCUT2D eigenvalue weighted by atomic mass is 32.2. The highest BCUT2D eigenvalue weighted by Crippen LogP contribution is 2.29. The lowest BCUT2D eigenvalue weighted by molar-refractivity contribution is 0.607. The molecule has 9 nitrogen and oxygen atoms in total. The van der Waals surface area contributed by atoms with E-state index in [4.69, 9.17) is 0 Å². The zero-order valence-corrected chi connectivity index (χ0v) is 15.8. The van der Waals surface area contributed by atoms with Crippen molar-refractivity contribution in [3.05, 3.63) is 60.3 Å². The lowest BCUT2D eigenvalue weighted by Crippen LogP contribution is -2.11. The minimum atomic E-state index is -3.34. The Balaban J connectivity index is 1.52. The molecule has 3 aromatic rings. The maximum Gasteiger partial charge on any atom is 0.229 e. The van der Waals surface area contributed by atoms with Gasteiger partial charge in [-0.3, -0.25) is 4.72 Å². The van der Waals surface area contributed by atoms with Gasteiger partial charge in [0.05, 0.1) is 17.6 Å². The van der Waals surface area contributed by atoms with Crippen molar-refractivity contribution in [1.82, 2.24) is 15.4 Å². The number of aromatic nitrogens is 2. The van der Waals surface area contributed by atoms with E-state index in [0.29, 0.717) is 23.1 Å². The second-order valence-corrected chi connectivity index (χ2v) is 8.03. The van der Waals surface area contributed by atoms with Gasteiger partial charge in [0.1, 0.15) is 5.82 Å². The maximum absolute atomic E-state index is 11.4. The second kappa shape index (κ2) is 7.33. The van der Waals surface area contributed by atoms with Crippen LogP contribution in [0, 0.1) is 0 Å². The third kappa shape index (κ3) is 4.30. The minimum Gasteiger partial charge on any atom is -0.340 e. The Kier molecular flexibility index (Phi) is 4.72. The number of rotatable bonds is 6. The number of hydrogen-bond acceptors (Lipinski definition) is 8. The summed E-state index contributed by atoms with van der Waals surface area (Å²) in [5, 5.41) is 6.40. The molecule has 0 saturated heterocycles. The highest BCUT2D eigenvalue weighted by Gasteiger charge is 2.14. The van der Waals surface area contributed by atoms with Crippen molar-refractivity contribution < 1.29 is 8.42 Å². The molecule has 0 radical (unpaired) electrons. The molecule has 144 valence electrons. The Labute approximate surface area is 162 Å². The van der Waals surface area contributed by atoms with Crippen LogP contribution in [0.15, 0.2) is 54.7 Å². The molecule has 0 spiro atoms. The van der Waals surface area contributed by atoms with Crippen molar-refractivity contribution in [3.63, 3.8) is 0 Å². The highest BCUT2D eigenvalue weighted by molar-refractivity contribution is 7.92. The van der Waals surface area contributed by atoms with Crippen molar-refractivity contribution in [2.24, 2.45) is 0 Å². The number of hydrazine groups is 1. The van der Waals surface area contributed by atoms with Crippen LogP contribution >= 0.6 is 0 Å². The minimum absolute atomic E-state index is 0.394. The third-order valence-corrected chi connectivity index (χ3v) is 4.61. The van der Waals surface area contributed by atoms with Crippen molar-refractivity contribution >= 4 is 44.5 Å². The first-order valence-electron chi connectivity index (χ1n) is 8.52. The summed E-state index contributed by atoms with van der Waals surface area (Å²) in [6, 6.07) is 14.6. The number of anilines is 6. The molecular weight excluding hydrogens is 378 g/mol. The molecule has 0 fully saturated rings. The van der Waals surface area contributed by atoms with Gasteiger partial charge in [-0.25, -0.2) is 18.8 Å². The van der Waals surface area contributed by atoms with E-state index in [0.717, 1.165) is 29.7 Å². The monoisotopic (exact) mass is 397 g/mol. The first-order valence-corrected chi connectivity index (χ1v) is 10.4. The Morgan fingerprint density at radius 3 is 2.71 bits per heavy atom. The smallest absolute Gasteiger partial charge is 0.229 e. The first kappa shape index (κ1) is 18.0. The fourth-order valence-electron chi connectivity index (χ4n) is 2.87. The van der Waals surface area contributed by atoms with E-state index in [9.17, 15) is 8.42 Å². The van der Waals surface area contributed by atoms with Gasteiger partial charge >= 0.3 is 0 Å². The van der Waals surface area contributed by atoms with Crippen LogP contribution in [0.3, 0.4) is 0 Å². The fraction of sp³-hybridized carbons (Fsp3) is 0.111. The Hall–Kier alpha value is -3.37. The van der Waals surface area contributed by atoms with Crippen molar-refractivity contribution in [3.8, 4) is 0 Å². The average Bonchev–Trinajstić information content (AvgIpc) is 3.11. The molecule has 1 aliphatic heterocycles. The Morgan fingerprint density at radius 2 is 1.86 bits per heavy atom. The van der Waals surface area contributed by atoms with Crippen LogP contribution < -0.4 is 26.2 Å². The standard InChI is InChI=1S/C18H19N7O2S/c1-28(26,27)25-13-5-2-4-12(10-13)21-18-19-9-8-17(23-18)22-15-6-3-7-16-14(15)11-20-24-16/h2-10,20,24-25H,11H2,1H3,(H2,19,21,22,23). The van der Waals surface area contributed by atoms with Crippen molar-refractivity contribution in [2.45, 2.75) is 6.54 Å². The van der Waals surface area contributed by atoms with Gasteiger partial charge in [0.2, 0.25) is 16.0 Å². The summed E-state index contributed by atoms with van der Waals surface area (Å²) >= 11 is 0. The summed E-state index contributed by atoms with van der Waals surface area (Å²) in [7, 11) is -3.34. The molecule has 0 unspecified atom stereocenters.